The quantitative estimate of drug-likeness (QED) is 0.855. The minimum atomic E-state index is 0.226. The fourth-order valence-electron chi connectivity index (χ4n) is 4.19. The molecule has 3 rings (SSSR count). The lowest BCUT2D eigenvalue weighted by atomic mass is 9.81. The molecule has 2 aliphatic rings. The van der Waals surface area contributed by atoms with Crippen LogP contribution in [0.15, 0.2) is 12.4 Å². The van der Waals surface area contributed by atoms with Crippen LogP contribution >= 0.6 is 0 Å². The molecule has 1 aromatic rings. The van der Waals surface area contributed by atoms with Gasteiger partial charge in [-0.25, -0.2) is 9.97 Å². The van der Waals surface area contributed by atoms with E-state index in [2.05, 4.69) is 39.7 Å². The molecule has 2 fully saturated rings. The van der Waals surface area contributed by atoms with Crippen molar-refractivity contribution in [2.75, 3.05) is 24.5 Å². The van der Waals surface area contributed by atoms with Crippen LogP contribution in [0.4, 0.5) is 5.82 Å². The van der Waals surface area contributed by atoms with Gasteiger partial charge in [-0.05, 0) is 52.4 Å². The van der Waals surface area contributed by atoms with Crippen LogP contribution in [0.1, 0.15) is 51.6 Å². The summed E-state index contributed by atoms with van der Waals surface area (Å²) in [5.74, 6) is 2.18. The number of aryl methyl sites for hydroxylation is 1. The van der Waals surface area contributed by atoms with Gasteiger partial charge in [0, 0.05) is 43.4 Å². The molecule has 5 heteroatoms. The summed E-state index contributed by atoms with van der Waals surface area (Å²) >= 11 is 0. The third kappa shape index (κ3) is 3.70. The Morgan fingerprint density at radius 2 is 1.83 bits per heavy atom. The Balaban J connectivity index is 1.64. The van der Waals surface area contributed by atoms with E-state index in [-0.39, 0.29) is 5.92 Å². The molecule has 1 amide bonds. The van der Waals surface area contributed by atoms with Crippen molar-refractivity contribution >= 4 is 11.7 Å². The summed E-state index contributed by atoms with van der Waals surface area (Å²) in [6.45, 7) is 9.20. The van der Waals surface area contributed by atoms with E-state index in [1.807, 2.05) is 6.92 Å². The molecule has 2 saturated heterocycles. The average molecular weight is 330 g/mol. The van der Waals surface area contributed by atoms with Gasteiger partial charge >= 0.3 is 0 Å². The molecule has 0 aliphatic carbocycles. The van der Waals surface area contributed by atoms with Crippen LogP contribution < -0.4 is 4.90 Å². The summed E-state index contributed by atoms with van der Waals surface area (Å²) < 4.78 is 0. The van der Waals surface area contributed by atoms with Crippen LogP contribution in [0.5, 0.6) is 0 Å². The van der Waals surface area contributed by atoms with E-state index in [9.17, 15) is 4.79 Å². The molecule has 5 nitrogen and oxygen atoms in total. The molecule has 2 aliphatic heterocycles. The fourth-order valence-corrected chi connectivity index (χ4v) is 4.19. The molecule has 0 spiro atoms. The molecular formula is C19H30N4O. The van der Waals surface area contributed by atoms with Crippen molar-refractivity contribution in [1.82, 2.24) is 14.9 Å². The Morgan fingerprint density at radius 1 is 1.08 bits per heavy atom. The highest BCUT2D eigenvalue weighted by Gasteiger charge is 2.35. The zero-order valence-electron chi connectivity index (χ0n) is 15.2. The number of piperidine rings is 1. The van der Waals surface area contributed by atoms with Crippen LogP contribution in [0.2, 0.25) is 0 Å². The van der Waals surface area contributed by atoms with Gasteiger partial charge in [-0.1, -0.05) is 6.42 Å². The van der Waals surface area contributed by atoms with E-state index in [0.717, 1.165) is 56.8 Å². The maximum absolute atomic E-state index is 13.0. The first-order chi connectivity index (χ1) is 11.6. The van der Waals surface area contributed by atoms with Crippen LogP contribution in [0.25, 0.3) is 0 Å². The first-order valence-corrected chi connectivity index (χ1v) is 9.40. The SMILES string of the molecule is Cc1cc(N2CCC([C@@H]3CCCCN(C(C)C)C3=O)CC2)ncn1. The highest BCUT2D eigenvalue weighted by molar-refractivity contribution is 5.79. The highest BCUT2D eigenvalue weighted by atomic mass is 16.2. The third-order valence-electron chi connectivity index (χ3n) is 5.61. The number of amides is 1. The van der Waals surface area contributed by atoms with Gasteiger partial charge in [0.1, 0.15) is 12.1 Å². The normalized spacial score (nSPS) is 23.7. The van der Waals surface area contributed by atoms with E-state index in [1.165, 1.54) is 6.42 Å². The minimum Gasteiger partial charge on any atom is -0.356 e. The van der Waals surface area contributed by atoms with E-state index in [1.54, 1.807) is 6.33 Å². The first kappa shape index (κ1) is 17.2. The maximum atomic E-state index is 13.0. The number of rotatable bonds is 3. The lowest BCUT2D eigenvalue weighted by molar-refractivity contribution is -0.138. The van der Waals surface area contributed by atoms with Gasteiger partial charge < -0.3 is 9.80 Å². The Labute approximate surface area is 145 Å². The lowest BCUT2D eigenvalue weighted by Crippen LogP contribution is -2.44. The third-order valence-corrected chi connectivity index (χ3v) is 5.61. The summed E-state index contributed by atoms with van der Waals surface area (Å²) in [6.07, 6.45) is 7.23. The molecule has 0 saturated carbocycles. The largest absolute Gasteiger partial charge is 0.356 e. The van der Waals surface area contributed by atoms with Crippen molar-refractivity contribution in [3.8, 4) is 0 Å². The van der Waals surface area contributed by atoms with Crippen molar-refractivity contribution in [3.63, 3.8) is 0 Å². The molecule has 24 heavy (non-hydrogen) atoms. The number of hydrogen-bond donors (Lipinski definition) is 0. The molecule has 1 aromatic heterocycles. The average Bonchev–Trinajstić information content (AvgIpc) is 2.77. The summed E-state index contributed by atoms with van der Waals surface area (Å²) in [6, 6.07) is 2.37. The zero-order valence-corrected chi connectivity index (χ0v) is 15.2. The van der Waals surface area contributed by atoms with Crippen molar-refractivity contribution in [3.05, 3.63) is 18.1 Å². The number of nitrogens with zero attached hydrogens (tertiary/aromatic N) is 4. The molecule has 0 unspecified atom stereocenters. The van der Waals surface area contributed by atoms with Gasteiger partial charge in [-0.2, -0.15) is 0 Å². The van der Waals surface area contributed by atoms with Crippen molar-refractivity contribution in [2.45, 2.75) is 58.9 Å². The predicted octanol–water partition coefficient (Wildman–Crippen LogP) is 3.04. The van der Waals surface area contributed by atoms with Crippen molar-refractivity contribution < 1.29 is 4.79 Å². The Kier molecular flexibility index (Phi) is 5.36. The molecule has 0 bridgehead atoms. The number of carbonyl (C=O) groups is 1. The Hall–Kier alpha value is -1.65. The van der Waals surface area contributed by atoms with Crippen LogP contribution in [-0.2, 0) is 4.79 Å². The lowest BCUT2D eigenvalue weighted by Gasteiger charge is -2.37. The van der Waals surface area contributed by atoms with Gasteiger partial charge in [-0.15, -0.1) is 0 Å². The zero-order chi connectivity index (χ0) is 17.1. The summed E-state index contributed by atoms with van der Waals surface area (Å²) in [5.41, 5.74) is 1.01. The van der Waals surface area contributed by atoms with Crippen molar-refractivity contribution in [1.29, 1.82) is 0 Å². The summed E-state index contributed by atoms with van der Waals surface area (Å²) in [4.78, 5) is 26.0. The van der Waals surface area contributed by atoms with Gasteiger partial charge in [-0.3, -0.25) is 4.79 Å². The minimum absolute atomic E-state index is 0.226. The standard InChI is InChI=1S/C19H30N4O/c1-14(2)23-9-5-4-6-17(19(23)24)16-7-10-22(11-8-16)18-12-15(3)20-13-21-18/h12-14,16-17H,4-11H2,1-3H3/t17-/m0/s1. The second kappa shape index (κ2) is 7.49. The summed E-state index contributed by atoms with van der Waals surface area (Å²) in [5, 5.41) is 0. The van der Waals surface area contributed by atoms with E-state index < -0.39 is 0 Å². The van der Waals surface area contributed by atoms with E-state index in [0.29, 0.717) is 17.9 Å². The van der Waals surface area contributed by atoms with Gasteiger partial charge in [0.2, 0.25) is 5.91 Å². The molecule has 0 N–H and O–H groups in total. The van der Waals surface area contributed by atoms with Crippen LogP contribution in [-0.4, -0.2) is 46.5 Å². The van der Waals surface area contributed by atoms with Crippen molar-refractivity contribution in [2.24, 2.45) is 11.8 Å². The van der Waals surface area contributed by atoms with Gasteiger partial charge in [0.25, 0.3) is 0 Å². The highest BCUT2D eigenvalue weighted by Crippen LogP contribution is 2.33. The maximum Gasteiger partial charge on any atom is 0.226 e. The van der Waals surface area contributed by atoms with E-state index >= 15 is 0 Å². The molecular weight excluding hydrogens is 300 g/mol. The molecule has 0 aromatic carbocycles. The van der Waals surface area contributed by atoms with Gasteiger partial charge in [0.15, 0.2) is 0 Å². The number of anilines is 1. The molecule has 3 heterocycles. The predicted molar refractivity (Wildman–Crippen MR) is 95.9 cm³/mol. The number of hydrogen-bond acceptors (Lipinski definition) is 4. The number of likely N-dealkylation sites (tertiary alicyclic amines) is 1. The number of aromatic nitrogens is 2. The monoisotopic (exact) mass is 330 g/mol. The van der Waals surface area contributed by atoms with Crippen LogP contribution in [0, 0.1) is 18.8 Å². The molecule has 0 radical (unpaired) electrons. The second-order valence-corrected chi connectivity index (χ2v) is 7.57. The molecule has 1 atom stereocenters. The second-order valence-electron chi connectivity index (χ2n) is 7.57. The summed E-state index contributed by atoms with van der Waals surface area (Å²) in [7, 11) is 0. The van der Waals surface area contributed by atoms with E-state index in [4.69, 9.17) is 0 Å². The van der Waals surface area contributed by atoms with Crippen LogP contribution in [0.3, 0.4) is 0 Å². The fraction of sp³-hybridized carbons (Fsp3) is 0.737. The van der Waals surface area contributed by atoms with Gasteiger partial charge in [0.05, 0.1) is 0 Å². The smallest absolute Gasteiger partial charge is 0.226 e. The first-order valence-electron chi connectivity index (χ1n) is 9.40. The Morgan fingerprint density at radius 3 is 2.50 bits per heavy atom. The Bertz CT molecular complexity index is 566. The topological polar surface area (TPSA) is 49.3 Å². The number of carbonyl (C=O) groups excluding carboxylic acids is 1. The molecule has 132 valence electrons.